The molecule has 0 saturated carbocycles. The zero-order valence-electron chi connectivity index (χ0n) is 21.1. The Bertz CT molecular complexity index is 1240. The molecule has 2 aliphatic heterocycles. The number of benzene rings is 1. The number of nitrogens with one attached hydrogen (secondary N) is 1. The maximum absolute atomic E-state index is 11.7. The molecule has 2 saturated heterocycles. The van der Waals surface area contributed by atoms with Crippen LogP contribution in [0.3, 0.4) is 0 Å². The van der Waals surface area contributed by atoms with Crippen molar-refractivity contribution in [1.82, 2.24) is 24.6 Å². The van der Waals surface area contributed by atoms with E-state index in [0.717, 1.165) is 69.2 Å². The second-order valence-corrected chi connectivity index (χ2v) is 9.52. The van der Waals surface area contributed by atoms with Gasteiger partial charge < -0.3 is 19.9 Å². The SMILES string of the molecule is CC(=O)N1CCC(C(CC#N)n2cc(-c3ccnc(Nc4ccc(N5CCOCC5)cc4)n3)cn2)CC1. The maximum atomic E-state index is 11.7. The van der Waals surface area contributed by atoms with Crippen LogP contribution in [-0.4, -0.2) is 69.9 Å². The predicted molar refractivity (Wildman–Crippen MR) is 140 cm³/mol. The van der Waals surface area contributed by atoms with Crippen LogP contribution in [0.25, 0.3) is 11.3 Å². The van der Waals surface area contributed by atoms with Gasteiger partial charge in [0.2, 0.25) is 11.9 Å². The Labute approximate surface area is 216 Å². The summed E-state index contributed by atoms with van der Waals surface area (Å²) in [5.74, 6) is 0.915. The number of ether oxygens (including phenoxy) is 1. The fraction of sp³-hybridized carbons (Fsp3) is 0.444. The molecular weight excluding hydrogens is 468 g/mol. The largest absolute Gasteiger partial charge is 0.378 e. The minimum atomic E-state index is -0.0303. The maximum Gasteiger partial charge on any atom is 0.227 e. The molecule has 4 heterocycles. The molecule has 1 unspecified atom stereocenters. The molecule has 192 valence electrons. The molecule has 0 aliphatic carbocycles. The lowest BCUT2D eigenvalue weighted by Gasteiger charge is -2.35. The molecule has 10 heteroatoms. The van der Waals surface area contributed by atoms with Gasteiger partial charge in [-0.15, -0.1) is 0 Å². The van der Waals surface area contributed by atoms with Crippen LogP contribution in [0.1, 0.15) is 32.2 Å². The molecule has 0 bridgehead atoms. The minimum absolute atomic E-state index is 0.0303. The Morgan fingerprint density at radius 1 is 1.16 bits per heavy atom. The van der Waals surface area contributed by atoms with Crippen LogP contribution in [0.5, 0.6) is 0 Å². The van der Waals surface area contributed by atoms with E-state index in [4.69, 9.17) is 9.72 Å². The first kappa shape index (κ1) is 24.7. The number of rotatable bonds is 7. The van der Waals surface area contributed by atoms with Crippen LogP contribution in [0.15, 0.2) is 48.9 Å². The van der Waals surface area contributed by atoms with Crippen molar-refractivity contribution < 1.29 is 9.53 Å². The summed E-state index contributed by atoms with van der Waals surface area (Å²) in [5.41, 5.74) is 3.72. The first-order valence-corrected chi connectivity index (χ1v) is 12.8. The fourth-order valence-electron chi connectivity index (χ4n) is 5.11. The number of piperidine rings is 1. The summed E-state index contributed by atoms with van der Waals surface area (Å²) >= 11 is 0. The van der Waals surface area contributed by atoms with Crippen molar-refractivity contribution in [3.8, 4) is 17.3 Å². The molecule has 3 aromatic rings. The average Bonchev–Trinajstić information content (AvgIpc) is 3.43. The Morgan fingerprint density at radius 2 is 1.92 bits per heavy atom. The van der Waals surface area contributed by atoms with E-state index in [-0.39, 0.29) is 11.9 Å². The summed E-state index contributed by atoms with van der Waals surface area (Å²) in [4.78, 5) is 25.0. The molecule has 2 aliphatic rings. The van der Waals surface area contributed by atoms with Gasteiger partial charge in [0.1, 0.15) is 0 Å². The van der Waals surface area contributed by atoms with Gasteiger partial charge >= 0.3 is 0 Å². The van der Waals surface area contributed by atoms with Crippen LogP contribution in [-0.2, 0) is 9.53 Å². The van der Waals surface area contributed by atoms with Crippen LogP contribution in [0, 0.1) is 17.2 Å². The first-order chi connectivity index (χ1) is 18.1. The quantitative estimate of drug-likeness (QED) is 0.523. The Balaban J connectivity index is 1.26. The third-order valence-corrected chi connectivity index (χ3v) is 7.22. The van der Waals surface area contributed by atoms with Crippen molar-refractivity contribution >= 4 is 23.2 Å². The number of anilines is 3. The summed E-state index contributed by atoms with van der Waals surface area (Å²) in [6.07, 6.45) is 7.60. The molecule has 1 aromatic carbocycles. The molecule has 1 atom stereocenters. The van der Waals surface area contributed by atoms with Crippen LogP contribution >= 0.6 is 0 Å². The number of carbonyl (C=O) groups is 1. The van der Waals surface area contributed by atoms with Gasteiger partial charge in [0.15, 0.2) is 0 Å². The molecule has 2 aromatic heterocycles. The summed E-state index contributed by atoms with van der Waals surface area (Å²) in [6, 6.07) is 12.4. The van der Waals surface area contributed by atoms with E-state index in [1.54, 1.807) is 19.3 Å². The second kappa shape index (κ2) is 11.4. The van der Waals surface area contributed by atoms with E-state index in [1.807, 2.05) is 34.0 Å². The number of hydrogen-bond donors (Lipinski definition) is 1. The van der Waals surface area contributed by atoms with Crippen molar-refractivity contribution in [3.05, 3.63) is 48.9 Å². The topological polar surface area (TPSA) is 112 Å². The molecule has 10 nitrogen and oxygen atoms in total. The molecule has 37 heavy (non-hydrogen) atoms. The summed E-state index contributed by atoms with van der Waals surface area (Å²) < 4.78 is 7.33. The highest BCUT2D eigenvalue weighted by molar-refractivity contribution is 5.73. The zero-order chi connectivity index (χ0) is 25.6. The van der Waals surface area contributed by atoms with Crippen LogP contribution in [0.4, 0.5) is 17.3 Å². The van der Waals surface area contributed by atoms with Gasteiger partial charge in [-0.1, -0.05) is 0 Å². The summed E-state index contributed by atoms with van der Waals surface area (Å²) in [6.45, 7) is 6.38. The van der Waals surface area contributed by atoms with E-state index in [2.05, 4.69) is 38.5 Å². The Kier molecular flexibility index (Phi) is 7.61. The normalized spacial score (nSPS) is 17.3. The standard InChI is InChI=1S/C27H32N8O2/c1-20(36)33-12-8-21(9-13-33)26(6-10-28)35-19-22(18-30-35)25-7-11-29-27(32-25)31-23-2-4-24(5-3-23)34-14-16-37-17-15-34/h2-5,7,11,18-19,21,26H,6,8-9,12-17H2,1H3,(H,29,31,32). The minimum Gasteiger partial charge on any atom is -0.378 e. The van der Waals surface area contributed by atoms with Crippen LogP contribution in [0.2, 0.25) is 0 Å². The van der Waals surface area contributed by atoms with Gasteiger partial charge in [-0.2, -0.15) is 10.4 Å². The Morgan fingerprint density at radius 3 is 2.62 bits per heavy atom. The summed E-state index contributed by atoms with van der Waals surface area (Å²) in [5, 5.41) is 17.4. The third kappa shape index (κ3) is 5.89. The Hall–Kier alpha value is -3.97. The second-order valence-electron chi connectivity index (χ2n) is 9.52. The fourth-order valence-corrected chi connectivity index (χ4v) is 5.11. The van der Waals surface area contributed by atoms with E-state index in [1.165, 1.54) is 5.69 Å². The summed E-state index contributed by atoms with van der Waals surface area (Å²) in [7, 11) is 0. The number of amides is 1. The highest BCUT2D eigenvalue weighted by Gasteiger charge is 2.29. The number of nitrogens with zero attached hydrogens (tertiary/aromatic N) is 7. The molecular formula is C27H32N8O2. The average molecular weight is 501 g/mol. The van der Waals surface area contributed by atoms with Gasteiger partial charge in [0, 0.05) is 62.4 Å². The monoisotopic (exact) mass is 500 g/mol. The first-order valence-electron chi connectivity index (χ1n) is 12.8. The molecule has 0 radical (unpaired) electrons. The van der Waals surface area contributed by atoms with E-state index < -0.39 is 0 Å². The van der Waals surface area contributed by atoms with E-state index in [9.17, 15) is 10.1 Å². The van der Waals surface area contributed by atoms with E-state index in [0.29, 0.717) is 18.3 Å². The van der Waals surface area contributed by atoms with Gasteiger partial charge in [-0.25, -0.2) is 9.97 Å². The van der Waals surface area contributed by atoms with Crippen molar-refractivity contribution in [3.63, 3.8) is 0 Å². The van der Waals surface area contributed by atoms with Gasteiger partial charge in [-0.3, -0.25) is 9.48 Å². The smallest absolute Gasteiger partial charge is 0.227 e. The van der Waals surface area contributed by atoms with Crippen molar-refractivity contribution in [2.24, 2.45) is 5.92 Å². The van der Waals surface area contributed by atoms with Crippen molar-refractivity contribution in [2.75, 3.05) is 49.6 Å². The number of aromatic nitrogens is 4. The third-order valence-electron chi connectivity index (χ3n) is 7.22. The number of carbonyl (C=O) groups excluding carboxylic acids is 1. The van der Waals surface area contributed by atoms with Crippen LogP contribution < -0.4 is 10.2 Å². The molecule has 1 N–H and O–H groups in total. The zero-order valence-corrected chi connectivity index (χ0v) is 21.1. The molecule has 1 amide bonds. The van der Waals surface area contributed by atoms with Gasteiger partial charge in [0.25, 0.3) is 0 Å². The molecule has 2 fully saturated rings. The number of nitriles is 1. The van der Waals surface area contributed by atoms with Crippen molar-refractivity contribution in [2.45, 2.75) is 32.2 Å². The van der Waals surface area contributed by atoms with Gasteiger partial charge in [-0.05, 0) is 49.1 Å². The highest BCUT2D eigenvalue weighted by Crippen LogP contribution is 2.32. The number of hydrogen-bond acceptors (Lipinski definition) is 8. The van der Waals surface area contributed by atoms with Gasteiger partial charge in [0.05, 0.1) is 43.6 Å². The number of morpholine rings is 1. The molecule has 0 spiro atoms. The molecule has 5 rings (SSSR count). The lowest BCUT2D eigenvalue weighted by Crippen LogP contribution is -2.39. The van der Waals surface area contributed by atoms with E-state index >= 15 is 0 Å². The predicted octanol–water partition coefficient (Wildman–Crippen LogP) is 3.63. The lowest BCUT2D eigenvalue weighted by atomic mass is 9.88. The number of likely N-dealkylation sites (tertiary alicyclic amines) is 1. The van der Waals surface area contributed by atoms with Crippen molar-refractivity contribution in [1.29, 1.82) is 5.26 Å². The lowest BCUT2D eigenvalue weighted by molar-refractivity contribution is -0.130. The highest BCUT2D eigenvalue weighted by atomic mass is 16.5.